The molecule has 1 saturated heterocycles. The molecule has 1 aromatic carbocycles. The van der Waals surface area contributed by atoms with Crippen LogP contribution in [0.5, 0.6) is 0 Å². The molecule has 0 amide bonds. The van der Waals surface area contributed by atoms with E-state index in [-0.39, 0.29) is 11.1 Å². The summed E-state index contributed by atoms with van der Waals surface area (Å²) >= 11 is 0. The molecule has 0 aromatic heterocycles. The van der Waals surface area contributed by atoms with Gasteiger partial charge in [0.05, 0.1) is 6.04 Å². The lowest BCUT2D eigenvalue weighted by Crippen LogP contribution is -2.55. The van der Waals surface area contributed by atoms with Gasteiger partial charge in [-0.25, -0.2) is 8.78 Å². The molecule has 1 fully saturated rings. The first-order valence-corrected chi connectivity index (χ1v) is 7.44. The van der Waals surface area contributed by atoms with Crippen molar-refractivity contribution in [3.05, 3.63) is 35.4 Å². The molecule has 1 aromatic rings. The largest absolute Gasteiger partial charge is 0.322 e. The van der Waals surface area contributed by atoms with E-state index in [2.05, 4.69) is 18.7 Å². The fourth-order valence-corrected chi connectivity index (χ4v) is 3.13. The standard InChI is InChI=1S/C16H24F2N2/c1-3-16(2,20-9-5-4-6-10-20)15(19)13-11-12(17)7-8-14(13)18/h7-8,11,15H,3-6,9-10,19H2,1-2H3. The third kappa shape index (κ3) is 2.86. The summed E-state index contributed by atoms with van der Waals surface area (Å²) in [6, 6.07) is 3.01. The molecule has 1 aliphatic heterocycles. The van der Waals surface area contributed by atoms with Gasteiger partial charge < -0.3 is 5.73 Å². The predicted octanol–water partition coefficient (Wildman–Crippen LogP) is 3.62. The number of nitrogens with two attached hydrogens (primary N) is 1. The Morgan fingerprint density at radius 2 is 1.90 bits per heavy atom. The van der Waals surface area contributed by atoms with Crippen LogP contribution in [0.15, 0.2) is 18.2 Å². The Bertz CT molecular complexity index is 458. The zero-order chi connectivity index (χ0) is 14.8. The number of halogens is 2. The first kappa shape index (κ1) is 15.4. The van der Waals surface area contributed by atoms with Crippen molar-refractivity contribution in [2.24, 2.45) is 5.73 Å². The Morgan fingerprint density at radius 3 is 2.50 bits per heavy atom. The van der Waals surface area contributed by atoms with Crippen LogP contribution in [0.25, 0.3) is 0 Å². The van der Waals surface area contributed by atoms with Crippen LogP contribution in [-0.2, 0) is 0 Å². The summed E-state index contributed by atoms with van der Waals surface area (Å²) in [6.07, 6.45) is 4.34. The summed E-state index contributed by atoms with van der Waals surface area (Å²) < 4.78 is 27.4. The maximum Gasteiger partial charge on any atom is 0.128 e. The number of hydrogen-bond acceptors (Lipinski definition) is 2. The van der Waals surface area contributed by atoms with Gasteiger partial charge in [-0.1, -0.05) is 13.3 Å². The van der Waals surface area contributed by atoms with Gasteiger partial charge >= 0.3 is 0 Å². The molecule has 1 heterocycles. The molecular weight excluding hydrogens is 258 g/mol. The van der Waals surface area contributed by atoms with Gasteiger partial charge in [0.1, 0.15) is 11.6 Å². The molecule has 0 saturated carbocycles. The molecule has 112 valence electrons. The summed E-state index contributed by atoms with van der Waals surface area (Å²) in [4.78, 5) is 2.34. The SMILES string of the molecule is CCC(C)(C(N)c1cc(F)ccc1F)N1CCCCC1. The number of piperidine rings is 1. The molecule has 2 N–H and O–H groups in total. The molecule has 0 bridgehead atoms. The predicted molar refractivity (Wildman–Crippen MR) is 77.4 cm³/mol. The highest BCUT2D eigenvalue weighted by Gasteiger charge is 2.38. The fourth-order valence-electron chi connectivity index (χ4n) is 3.13. The van der Waals surface area contributed by atoms with Crippen LogP contribution < -0.4 is 5.73 Å². The van der Waals surface area contributed by atoms with Gasteiger partial charge in [-0.05, 0) is 57.5 Å². The van der Waals surface area contributed by atoms with E-state index in [1.807, 2.05) is 0 Å². The van der Waals surface area contributed by atoms with Crippen molar-refractivity contribution in [2.45, 2.75) is 51.1 Å². The van der Waals surface area contributed by atoms with E-state index in [1.165, 1.54) is 12.5 Å². The van der Waals surface area contributed by atoms with Gasteiger partial charge in [0.15, 0.2) is 0 Å². The molecule has 0 spiro atoms. The van der Waals surface area contributed by atoms with E-state index in [9.17, 15) is 8.78 Å². The van der Waals surface area contributed by atoms with Gasteiger partial charge in [0.25, 0.3) is 0 Å². The molecule has 2 atom stereocenters. The number of rotatable bonds is 4. The van der Waals surface area contributed by atoms with E-state index in [0.717, 1.165) is 44.5 Å². The minimum atomic E-state index is -0.527. The summed E-state index contributed by atoms with van der Waals surface area (Å²) in [7, 11) is 0. The Labute approximate surface area is 120 Å². The lowest BCUT2D eigenvalue weighted by atomic mass is 9.82. The number of hydrogen-bond donors (Lipinski definition) is 1. The first-order chi connectivity index (χ1) is 9.49. The maximum atomic E-state index is 14.0. The third-order valence-electron chi connectivity index (χ3n) is 4.76. The molecule has 2 rings (SSSR count). The molecular formula is C16H24F2N2. The Hall–Kier alpha value is -1.00. The highest BCUT2D eigenvalue weighted by atomic mass is 19.1. The molecule has 2 unspecified atom stereocenters. The Balaban J connectivity index is 2.31. The molecule has 4 heteroatoms. The van der Waals surface area contributed by atoms with Crippen LogP contribution in [0.2, 0.25) is 0 Å². The first-order valence-electron chi connectivity index (χ1n) is 7.44. The van der Waals surface area contributed by atoms with Gasteiger partial charge in [-0.2, -0.15) is 0 Å². The van der Waals surface area contributed by atoms with Crippen molar-refractivity contribution in [3.8, 4) is 0 Å². The molecule has 0 aliphatic carbocycles. The Kier molecular flexibility index (Phi) is 4.76. The minimum Gasteiger partial charge on any atom is -0.322 e. The second-order valence-corrected chi connectivity index (χ2v) is 5.90. The monoisotopic (exact) mass is 282 g/mol. The normalized spacial score (nSPS) is 21.4. The topological polar surface area (TPSA) is 29.3 Å². The minimum absolute atomic E-state index is 0.278. The van der Waals surface area contributed by atoms with Gasteiger partial charge in [0.2, 0.25) is 0 Å². The second-order valence-electron chi connectivity index (χ2n) is 5.90. The second kappa shape index (κ2) is 6.19. The van der Waals surface area contributed by atoms with Crippen molar-refractivity contribution in [2.75, 3.05) is 13.1 Å². The fraction of sp³-hybridized carbons (Fsp3) is 0.625. The lowest BCUT2D eigenvalue weighted by molar-refractivity contribution is 0.0532. The summed E-state index contributed by atoms with van der Waals surface area (Å²) in [6.45, 7) is 6.09. The van der Waals surface area contributed by atoms with E-state index in [4.69, 9.17) is 5.73 Å². The molecule has 2 nitrogen and oxygen atoms in total. The average Bonchev–Trinajstić information content (AvgIpc) is 2.49. The summed E-state index contributed by atoms with van der Waals surface area (Å²) in [5.41, 5.74) is 6.28. The summed E-state index contributed by atoms with van der Waals surface area (Å²) in [5, 5.41) is 0. The quantitative estimate of drug-likeness (QED) is 0.914. The smallest absolute Gasteiger partial charge is 0.128 e. The molecule has 0 radical (unpaired) electrons. The van der Waals surface area contributed by atoms with Crippen LogP contribution in [0.4, 0.5) is 8.78 Å². The van der Waals surface area contributed by atoms with E-state index >= 15 is 0 Å². The maximum absolute atomic E-state index is 14.0. The number of benzene rings is 1. The van der Waals surface area contributed by atoms with Crippen LogP contribution in [0.3, 0.4) is 0 Å². The highest BCUT2D eigenvalue weighted by Crippen LogP contribution is 2.35. The average molecular weight is 282 g/mol. The van der Waals surface area contributed by atoms with Crippen molar-refractivity contribution in [1.82, 2.24) is 4.90 Å². The Morgan fingerprint density at radius 1 is 1.25 bits per heavy atom. The van der Waals surface area contributed by atoms with E-state index in [1.54, 1.807) is 0 Å². The highest BCUT2D eigenvalue weighted by molar-refractivity contribution is 5.25. The number of likely N-dealkylation sites (tertiary alicyclic amines) is 1. The van der Waals surface area contributed by atoms with Crippen LogP contribution in [0, 0.1) is 11.6 Å². The van der Waals surface area contributed by atoms with Gasteiger partial charge in [-0.15, -0.1) is 0 Å². The van der Waals surface area contributed by atoms with E-state index in [0.29, 0.717) is 0 Å². The van der Waals surface area contributed by atoms with E-state index < -0.39 is 17.7 Å². The van der Waals surface area contributed by atoms with Crippen molar-refractivity contribution < 1.29 is 8.78 Å². The van der Waals surface area contributed by atoms with Crippen LogP contribution in [-0.4, -0.2) is 23.5 Å². The zero-order valence-electron chi connectivity index (χ0n) is 12.3. The molecule has 1 aliphatic rings. The number of nitrogens with zero attached hydrogens (tertiary/aromatic N) is 1. The van der Waals surface area contributed by atoms with Crippen molar-refractivity contribution in [3.63, 3.8) is 0 Å². The third-order valence-corrected chi connectivity index (χ3v) is 4.76. The van der Waals surface area contributed by atoms with Crippen molar-refractivity contribution in [1.29, 1.82) is 0 Å². The zero-order valence-corrected chi connectivity index (χ0v) is 12.3. The van der Waals surface area contributed by atoms with Gasteiger partial charge in [0, 0.05) is 11.1 Å². The molecule has 20 heavy (non-hydrogen) atoms. The van der Waals surface area contributed by atoms with Gasteiger partial charge in [-0.3, -0.25) is 4.90 Å². The lowest BCUT2D eigenvalue weighted by Gasteiger charge is -2.47. The van der Waals surface area contributed by atoms with Crippen LogP contribution in [0.1, 0.15) is 51.1 Å². The summed E-state index contributed by atoms with van der Waals surface area (Å²) in [5.74, 6) is -0.857. The van der Waals surface area contributed by atoms with Crippen LogP contribution >= 0.6 is 0 Å². The van der Waals surface area contributed by atoms with Crippen molar-refractivity contribution >= 4 is 0 Å².